The molecule has 0 fully saturated rings. The normalized spacial score (nSPS) is 11.5. The zero-order valence-corrected chi connectivity index (χ0v) is 20.4. The van der Waals surface area contributed by atoms with E-state index >= 15 is 0 Å². The van der Waals surface area contributed by atoms with Crippen molar-refractivity contribution >= 4 is 44.2 Å². The number of anilines is 1. The molecule has 0 saturated heterocycles. The standard InChI is InChI=1S/C21H24N4O4S3/c1-25(2)32(27,28)17-10-11-18(29-3)16(13-17)9-12-19(26)22-20-23-24-21(31-20)30-14-15-7-5-4-6-8-15/h4-8,10-11,13H,9,12,14H2,1-3H3,(H,22,23,26). The molecule has 0 aliphatic rings. The Morgan fingerprint density at radius 1 is 1.16 bits per heavy atom. The van der Waals surface area contributed by atoms with Crippen LogP contribution in [0.15, 0.2) is 57.8 Å². The third kappa shape index (κ3) is 6.28. The van der Waals surface area contributed by atoms with Crippen LogP contribution in [-0.4, -0.2) is 50.0 Å². The molecule has 0 unspecified atom stereocenters. The van der Waals surface area contributed by atoms with Gasteiger partial charge < -0.3 is 10.1 Å². The molecule has 32 heavy (non-hydrogen) atoms. The predicted molar refractivity (Wildman–Crippen MR) is 127 cm³/mol. The van der Waals surface area contributed by atoms with Crippen LogP contribution >= 0.6 is 23.1 Å². The van der Waals surface area contributed by atoms with Crippen molar-refractivity contribution in [3.8, 4) is 5.75 Å². The largest absolute Gasteiger partial charge is 0.496 e. The molecule has 0 atom stereocenters. The first-order valence-corrected chi connectivity index (χ1v) is 12.9. The summed E-state index contributed by atoms with van der Waals surface area (Å²) in [6.07, 6.45) is 0.466. The maximum Gasteiger partial charge on any atom is 0.242 e. The summed E-state index contributed by atoms with van der Waals surface area (Å²) in [6, 6.07) is 14.7. The number of hydrogen-bond acceptors (Lipinski definition) is 8. The van der Waals surface area contributed by atoms with E-state index in [1.165, 1.54) is 44.2 Å². The molecule has 3 aromatic rings. The van der Waals surface area contributed by atoms with Gasteiger partial charge in [0.1, 0.15) is 5.75 Å². The van der Waals surface area contributed by atoms with Crippen molar-refractivity contribution in [1.82, 2.24) is 14.5 Å². The van der Waals surface area contributed by atoms with E-state index in [1.807, 2.05) is 30.3 Å². The first-order valence-electron chi connectivity index (χ1n) is 9.69. The van der Waals surface area contributed by atoms with Crippen LogP contribution < -0.4 is 10.1 Å². The number of rotatable bonds is 10. The Morgan fingerprint density at radius 2 is 1.91 bits per heavy atom. The minimum Gasteiger partial charge on any atom is -0.496 e. The Balaban J connectivity index is 1.58. The number of sulfonamides is 1. The lowest BCUT2D eigenvalue weighted by atomic mass is 10.1. The second-order valence-electron chi connectivity index (χ2n) is 6.96. The second kappa shape index (κ2) is 10.9. The molecule has 0 radical (unpaired) electrons. The van der Waals surface area contributed by atoms with Crippen LogP contribution in [0.4, 0.5) is 5.13 Å². The van der Waals surface area contributed by atoms with Crippen LogP contribution in [0.3, 0.4) is 0 Å². The SMILES string of the molecule is COc1ccc(S(=O)(=O)N(C)C)cc1CCC(=O)Nc1nnc(SCc2ccccc2)s1. The van der Waals surface area contributed by atoms with E-state index in [9.17, 15) is 13.2 Å². The van der Waals surface area contributed by atoms with Crippen molar-refractivity contribution in [2.75, 3.05) is 26.5 Å². The molecule has 1 N–H and O–H groups in total. The average Bonchev–Trinajstić information content (AvgIpc) is 3.23. The van der Waals surface area contributed by atoms with Crippen LogP contribution in [0.2, 0.25) is 0 Å². The molecule has 0 bridgehead atoms. The van der Waals surface area contributed by atoms with Crippen molar-refractivity contribution in [2.24, 2.45) is 0 Å². The molecule has 0 aliphatic heterocycles. The van der Waals surface area contributed by atoms with Gasteiger partial charge in [-0.15, -0.1) is 10.2 Å². The van der Waals surface area contributed by atoms with Gasteiger partial charge in [0.25, 0.3) is 0 Å². The topological polar surface area (TPSA) is 101 Å². The molecule has 1 heterocycles. The Labute approximate surface area is 196 Å². The highest BCUT2D eigenvalue weighted by Crippen LogP contribution is 2.29. The fourth-order valence-corrected chi connectivity index (χ4v) is 5.47. The van der Waals surface area contributed by atoms with Gasteiger partial charge in [-0.05, 0) is 35.7 Å². The number of hydrogen-bond donors (Lipinski definition) is 1. The third-order valence-corrected chi connectivity index (χ3v) is 8.36. The van der Waals surface area contributed by atoms with Gasteiger partial charge in [0.2, 0.25) is 21.1 Å². The van der Waals surface area contributed by atoms with Crippen molar-refractivity contribution in [2.45, 2.75) is 27.8 Å². The van der Waals surface area contributed by atoms with Gasteiger partial charge in [-0.2, -0.15) is 0 Å². The lowest BCUT2D eigenvalue weighted by Crippen LogP contribution is -2.22. The lowest BCUT2D eigenvalue weighted by molar-refractivity contribution is -0.116. The summed E-state index contributed by atoms with van der Waals surface area (Å²) in [5.41, 5.74) is 1.83. The highest BCUT2D eigenvalue weighted by molar-refractivity contribution is 8.00. The monoisotopic (exact) mass is 492 g/mol. The van der Waals surface area contributed by atoms with Gasteiger partial charge in [0, 0.05) is 26.3 Å². The number of nitrogens with one attached hydrogen (secondary N) is 1. The molecular formula is C21H24N4O4S3. The van der Waals surface area contributed by atoms with Crippen molar-refractivity contribution in [1.29, 1.82) is 0 Å². The highest BCUT2D eigenvalue weighted by atomic mass is 32.2. The quantitative estimate of drug-likeness (QED) is 0.340. The summed E-state index contributed by atoms with van der Waals surface area (Å²) in [6.45, 7) is 0. The maximum absolute atomic E-state index is 12.4. The fourth-order valence-electron chi connectivity index (χ4n) is 2.79. The molecule has 1 amide bonds. The third-order valence-electron chi connectivity index (χ3n) is 4.51. The van der Waals surface area contributed by atoms with Crippen molar-refractivity contribution in [3.63, 3.8) is 0 Å². The molecule has 11 heteroatoms. The first kappa shape index (κ1) is 24.2. The van der Waals surface area contributed by atoms with Crippen molar-refractivity contribution in [3.05, 3.63) is 59.7 Å². The lowest BCUT2D eigenvalue weighted by Gasteiger charge is -2.14. The summed E-state index contributed by atoms with van der Waals surface area (Å²) in [5, 5.41) is 11.3. The van der Waals surface area contributed by atoms with Crippen LogP contribution in [-0.2, 0) is 27.0 Å². The number of carbonyl (C=O) groups is 1. The molecule has 1 aromatic heterocycles. The van der Waals surface area contributed by atoms with Gasteiger partial charge in [-0.25, -0.2) is 12.7 Å². The number of ether oxygens (including phenoxy) is 1. The van der Waals surface area contributed by atoms with Gasteiger partial charge in [0.05, 0.1) is 12.0 Å². The molecule has 8 nitrogen and oxygen atoms in total. The van der Waals surface area contributed by atoms with E-state index in [4.69, 9.17) is 4.74 Å². The number of aromatic nitrogens is 2. The van der Waals surface area contributed by atoms with Crippen LogP contribution in [0.1, 0.15) is 17.5 Å². The van der Waals surface area contributed by atoms with Crippen LogP contribution in [0, 0.1) is 0 Å². The molecule has 0 spiro atoms. The Morgan fingerprint density at radius 3 is 2.59 bits per heavy atom. The minimum absolute atomic E-state index is 0.147. The van der Waals surface area contributed by atoms with Gasteiger partial charge in [-0.1, -0.05) is 53.4 Å². The second-order valence-corrected chi connectivity index (χ2v) is 11.3. The Hall–Kier alpha value is -2.47. The zero-order valence-electron chi connectivity index (χ0n) is 17.9. The Kier molecular flexibility index (Phi) is 8.24. The summed E-state index contributed by atoms with van der Waals surface area (Å²) in [5.74, 6) is 1.07. The van der Waals surface area contributed by atoms with Crippen LogP contribution in [0.5, 0.6) is 5.75 Å². The van der Waals surface area contributed by atoms with E-state index < -0.39 is 10.0 Å². The highest BCUT2D eigenvalue weighted by Gasteiger charge is 2.19. The van der Waals surface area contributed by atoms with E-state index in [2.05, 4.69) is 15.5 Å². The number of thioether (sulfide) groups is 1. The van der Waals surface area contributed by atoms with E-state index in [0.29, 0.717) is 22.9 Å². The Bertz CT molecular complexity index is 1160. The number of benzene rings is 2. The zero-order chi connectivity index (χ0) is 23.1. The average molecular weight is 493 g/mol. The molecule has 0 aliphatic carbocycles. The summed E-state index contributed by atoms with van der Waals surface area (Å²) in [7, 11) is 0.879. The molecule has 2 aromatic carbocycles. The first-order chi connectivity index (χ1) is 15.3. The van der Waals surface area contributed by atoms with Crippen LogP contribution in [0.25, 0.3) is 0 Å². The van der Waals surface area contributed by atoms with Gasteiger partial charge in [-0.3, -0.25) is 4.79 Å². The number of nitrogens with zero attached hydrogens (tertiary/aromatic N) is 3. The summed E-state index contributed by atoms with van der Waals surface area (Å²) < 4.78 is 32.0. The number of carbonyl (C=O) groups excluding carboxylic acids is 1. The molecular weight excluding hydrogens is 468 g/mol. The summed E-state index contributed by atoms with van der Waals surface area (Å²) >= 11 is 2.88. The number of methoxy groups -OCH3 is 1. The van der Waals surface area contributed by atoms with E-state index in [-0.39, 0.29) is 17.2 Å². The van der Waals surface area contributed by atoms with E-state index in [0.717, 1.165) is 14.4 Å². The maximum atomic E-state index is 12.4. The fraction of sp³-hybridized carbons (Fsp3) is 0.286. The molecule has 0 saturated carbocycles. The van der Waals surface area contributed by atoms with E-state index in [1.54, 1.807) is 23.9 Å². The van der Waals surface area contributed by atoms with Gasteiger partial charge in [0.15, 0.2) is 4.34 Å². The number of aryl methyl sites for hydroxylation is 1. The van der Waals surface area contributed by atoms with Crippen molar-refractivity contribution < 1.29 is 17.9 Å². The minimum atomic E-state index is -3.58. The predicted octanol–water partition coefficient (Wildman–Crippen LogP) is 3.66. The smallest absolute Gasteiger partial charge is 0.242 e. The summed E-state index contributed by atoms with van der Waals surface area (Å²) in [4.78, 5) is 12.6. The molecule has 170 valence electrons. The van der Waals surface area contributed by atoms with Gasteiger partial charge >= 0.3 is 0 Å². The molecule has 3 rings (SSSR count). The number of amides is 1.